The lowest BCUT2D eigenvalue weighted by atomic mass is 10.2. The molecule has 0 aliphatic rings. The van der Waals surface area contributed by atoms with Gasteiger partial charge in [-0.15, -0.1) is 0 Å². The summed E-state index contributed by atoms with van der Waals surface area (Å²) in [5.74, 6) is 0.187. The fraction of sp³-hybridized carbons (Fsp3) is 0.0588. The zero-order chi connectivity index (χ0) is 18.4. The lowest BCUT2D eigenvalue weighted by Crippen LogP contribution is -2.27. The number of benzene rings is 1. The molecule has 0 saturated carbocycles. The molecule has 3 amide bonds. The van der Waals surface area contributed by atoms with Gasteiger partial charge in [0.2, 0.25) is 0 Å². The van der Waals surface area contributed by atoms with E-state index in [0.29, 0.717) is 17.1 Å². The molecule has 0 spiro atoms. The van der Waals surface area contributed by atoms with Gasteiger partial charge in [0.05, 0.1) is 12.8 Å². The summed E-state index contributed by atoms with van der Waals surface area (Å²) in [5, 5.41) is 13.8. The van der Waals surface area contributed by atoms with Crippen LogP contribution in [0.1, 0.15) is 16.2 Å². The third kappa shape index (κ3) is 4.57. The van der Waals surface area contributed by atoms with Crippen LogP contribution in [0.4, 0.5) is 16.2 Å². The number of nitrogens with one attached hydrogen (secondary N) is 4. The van der Waals surface area contributed by atoms with Crippen LogP contribution in [0.15, 0.2) is 64.0 Å². The molecule has 9 nitrogen and oxygen atoms in total. The van der Waals surface area contributed by atoms with Crippen LogP contribution in [0.2, 0.25) is 0 Å². The van der Waals surface area contributed by atoms with E-state index in [1.807, 2.05) is 0 Å². The summed E-state index contributed by atoms with van der Waals surface area (Å²) in [4.78, 5) is 34.8. The number of urea groups is 1. The lowest BCUT2D eigenvalue weighted by molar-refractivity contribution is 0.102. The summed E-state index contributed by atoms with van der Waals surface area (Å²) in [7, 11) is 0. The molecular weight excluding hydrogens is 338 g/mol. The number of carbonyl (C=O) groups is 2. The van der Waals surface area contributed by atoms with Crippen molar-refractivity contribution in [3.05, 3.63) is 76.6 Å². The van der Waals surface area contributed by atoms with Gasteiger partial charge in [0.1, 0.15) is 11.5 Å². The Hall–Kier alpha value is -3.88. The summed E-state index contributed by atoms with van der Waals surface area (Å²) in [6.45, 7) is 0.277. The van der Waals surface area contributed by atoms with E-state index in [1.54, 1.807) is 36.4 Å². The van der Waals surface area contributed by atoms with Gasteiger partial charge in [-0.25, -0.2) is 9.89 Å². The first kappa shape index (κ1) is 17.0. The Morgan fingerprint density at radius 1 is 1.00 bits per heavy atom. The molecule has 3 rings (SSSR count). The van der Waals surface area contributed by atoms with Crippen LogP contribution in [0.3, 0.4) is 0 Å². The minimum atomic E-state index is -0.460. The summed E-state index contributed by atoms with van der Waals surface area (Å²) in [6.07, 6.45) is 1.53. The molecule has 0 radical (unpaired) electrons. The van der Waals surface area contributed by atoms with Gasteiger partial charge in [0, 0.05) is 17.4 Å². The second-order valence-electron chi connectivity index (χ2n) is 5.22. The monoisotopic (exact) mass is 353 g/mol. The quantitative estimate of drug-likeness (QED) is 0.557. The fourth-order valence-electron chi connectivity index (χ4n) is 2.06. The number of furan rings is 1. The highest BCUT2D eigenvalue weighted by Crippen LogP contribution is 2.14. The molecule has 4 N–H and O–H groups in total. The van der Waals surface area contributed by atoms with Gasteiger partial charge in [0.25, 0.3) is 11.5 Å². The maximum absolute atomic E-state index is 12.0. The third-order valence-corrected chi connectivity index (χ3v) is 3.32. The van der Waals surface area contributed by atoms with Crippen molar-refractivity contribution < 1.29 is 14.0 Å². The SMILES string of the molecule is O=C(NCc1ccco1)Nc1ccc(NC(=O)c2ccc(=O)[nH]n2)cc1. The highest BCUT2D eigenvalue weighted by Gasteiger charge is 2.08. The number of hydrogen-bond acceptors (Lipinski definition) is 5. The maximum Gasteiger partial charge on any atom is 0.319 e. The molecule has 26 heavy (non-hydrogen) atoms. The molecule has 1 aromatic carbocycles. The van der Waals surface area contributed by atoms with Crippen molar-refractivity contribution in [3.8, 4) is 0 Å². The van der Waals surface area contributed by atoms with E-state index in [2.05, 4.69) is 26.1 Å². The number of aromatic amines is 1. The Morgan fingerprint density at radius 3 is 2.35 bits per heavy atom. The van der Waals surface area contributed by atoms with Crippen molar-refractivity contribution in [2.24, 2.45) is 0 Å². The Bertz CT molecular complexity index is 928. The zero-order valence-electron chi connectivity index (χ0n) is 13.5. The first-order valence-corrected chi connectivity index (χ1v) is 7.64. The molecule has 0 aliphatic carbocycles. The highest BCUT2D eigenvalue weighted by molar-refractivity contribution is 6.02. The van der Waals surface area contributed by atoms with Crippen LogP contribution in [-0.4, -0.2) is 22.1 Å². The van der Waals surface area contributed by atoms with E-state index in [0.717, 1.165) is 0 Å². The number of anilines is 2. The van der Waals surface area contributed by atoms with Crippen molar-refractivity contribution in [1.29, 1.82) is 0 Å². The Labute approximate surface area is 147 Å². The smallest absolute Gasteiger partial charge is 0.319 e. The van der Waals surface area contributed by atoms with Crippen LogP contribution in [0.25, 0.3) is 0 Å². The number of nitrogens with zero attached hydrogens (tertiary/aromatic N) is 1. The first-order valence-electron chi connectivity index (χ1n) is 7.64. The zero-order valence-corrected chi connectivity index (χ0v) is 13.5. The molecule has 2 heterocycles. The summed E-state index contributed by atoms with van der Waals surface area (Å²) < 4.78 is 5.12. The van der Waals surface area contributed by atoms with Gasteiger partial charge in [0.15, 0.2) is 0 Å². The number of hydrogen-bond donors (Lipinski definition) is 4. The molecule has 0 fully saturated rings. The molecule has 0 atom stereocenters. The second-order valence-corrected chi connectivity index (χ2v) is 5.22. The third-order valence-electron chi connectivity index (χ3n) is 3.32. The molecule has 3 aromatic rings. The van der Waals surface area contributed by atoms with Crippen LogP contribution >= 0.6 is 0 Å². The van der Waals surface area contributed by atoms with E-state index in [9.17, 15) is 14.4 Å². The van der Waals surface area contributed by atoms with Crippen molar-refractivity contribution >= 4 is 23.3 Å². The van der Waals surface area contributed by atoms with Gasteiger partial charge in [-0.05, 0) is 42.5 Å². The summed E-state index contributed by atoms with van der Waals surface area (Å²) in [5.41, 5.74) is 0.776. The summed E-state index contributed by atoms with van der Waals surface area (Å²) >= 11 is 0. The standard InChI is InChI=1S/C17H15N5O4/c23-15-8-7-14(21-22-15)16(24)19-11-3-5-12(6-4-11)20-17(25)18-10-13-2-1-9-26-13/h1-9H,10H2,(H,19,24)(H,22,23)(H2,18,20,25). The Kier molecular flexibility index (Phi) is 5.08. The predicted octanol–water partition coefficient (Wildman–Crippen LogP) is 1.94. The molecule has 132 valence electrons. The van der Waals surface area contributed by atoms with Crippen molar-refractivity contribution in [3.63, 3.8) is 0 Å². The average molecular weight is 353 g/mol. The number of rotatable bonds is 5. The second kappa shape index (κ2) is 7.79. The largest absolute Gasteiger partial charge is 0.467 e. The van der Waals surface area contributed by atoms with E-state index < -0.39 is 5.91 Å². The van der Waals surface area contributed by atoms with Crippen molar-refractivity contribution in [2.75, 3.05) is 10.6 Å². The van der Waals surface area contributed by atoms with Gasteiger partial charge < -0.3 is 20.4 Å². The van der Waals surface area contributed by atoms with Crippen molar-refractivity contribution in [2.45, 2.75) is 6.54 Å². The molecule has 0 aliphatic heterocycles. The van der Waals surface area contributed by atoms with Gasteiger partial charge in [-0.1, -0.05) is 0 Å². The molecule has 0 bridgehead atoms. The first-order chi connectivity index (χ1) is 12.6. The predicted molar refractivity (Wildman–Crippen MR) is 93.8 cm³/mol. The van der Waals surface area contributed by atoms with Gasteiger partial charge in [-0.3, -0.25) is 9.59 Å². The fourth-order valence-corrected chi connectivity index (χ4v) is 2.06. The molecule has 0 unspecified atom stereocenters. The van der Waals surface area contributed by atoms with E-state index in [1.165, 1.54) is 18.4 Å². The van der Waals surface area contributed by atoms with E-state index >= 15 is 0 Å². The highest BCUT2D eigenvalue weighted by atomic mass is 16.3. The molecule has 2 aromatic heterocycles. The number of H-pyrrole nitrogens is 1. The van der Waals surface area contributed by atoms with Crippen LogP contribution in [0, 0.1) is 0 Å². The topological polar surface area (TPSA) is 129 Å². The van der Waals surface area contributed by atoms with Crippen molar-refractivity contribution in [1.82, 2.24) is 15.5 Å². The molecule has 9 heteroatoms. The minimum Gasteiger partial charge on any atom is -0.467 e. The Balaban J connectivity index is 1.52. The van der Waals surface area contributed by atoms with Crippen LogP contribution < -0.4 is 21.5 Å². The normalized spacial score (nSPS) is 10.2. The molecular formula is C17H15N5O4. The Morgan fingerprint density at radius 2 is 1.73 bits per heavy atom. The number of aromatic nitrogens is 2. The van der Waals surface area contributed by atoms with E-state index in [-0.39, 0.29) is 23.8 Å². The van der Waals surface area contributed by atoms with Crippen LogP contribution in [0.5, 0.6) is 0 Å². The van der Waals surface area contributed by atoms with Gasteiger partial charge >= 0.3 is 6.03 Å². The van der Waals surface area contributed by atoms with Gasteiger partial charge in [-0.2, -0.15) is 5.10 Å². The van der Waals surface area contributed by atoms with E-state index in [4.69, 9.17) is 4.42 Å². The van der Waals surface area contributed by atoms with Crippen LogP contribution in [-0.2, 0) is 6.54 Å². The minimum absolute atomic E-state index is 0.0871. The summed E-state index contributed by atoms with van der Waals surface area (Å²) in [6, 6.07) is 12.2. The number of carbonyl (C=O) groups excluding carboxylic acids is 2. The number of amides is 3. The average Bonchev–Trinajstić information content (AvgIpc) is 3.16. The maximum atomic E-state index is 12.0. The lowest BCUT2D eigenvalue weighted by Gasteiger charge is -2.08. The molecule has 0 saturated heterocycles.